The summed E-state index contributed by atoms with van der Waals surface area (Å²) in [5, 5.41) is 8.00. The van der Waals surface area contributed by atoms with Crippen LogP contribution in [0.15, 0.2) is 33.6 Å². The van der Waals surface area contributed by atoms with Gasteiger partial charge in [-0.25, -0.2) is 0 Å². The summed E-state index contributed by atoms with van der Waals surface area (Å²) >= 11 is 1.77. The zero-order valence-electron chi connectivity index (χ0n) is 11.1. The van der Waals surface area contributed by atoms with E-state index in [-0.39, 0.29) is 0 Å². The molecule has 0 fully saturated rings. The van der Waals surface area contributed by atoms with Gasteiger partial charge < -0.3 is 9.73 Å². The highest BCUT2D eigenvalue weighted by molar-refractivity contribution is 7.07. The second kappa shape index (κ2) is 6.76. The molecule has 2 aromatic rings. The van der Waals surface area contributed by atoms with E-state index in [4.69, 9.17) is 4.42 Å². The molecule has 98 valence electrons. The molecular formula is C15H21NOS. The Bertz CT molecular complexity index is 447. The fourth-order valence-corrected chi connectivity index (χ4v) is 2.89. The lowest BCUT2D eigenvalue weighted by Gasteiger charge is -2.17. The van der Waals surface area contributed by atoms with Crippen molar-refractivity contribution in [3.8, 4) is 0 Å². The van der Waals surface area contributed by atoms with Gasteiger partial charge in [0.25, 0.3) is 0 Å². The van der Waals surface area contributed by atoms with E-state index in [9.17, 15) is 0 Å². The predicted octanol–water partition coefficient (Wildman–Crippen LogP) is 4.32. The lowest BCUT2D eigenvalue weighted by Crippen LogP contribution is -2.22. The van der Waals surface area contributed by atoms with E-state index < -0.39 is 0 Å². The third-order valence-corrected chi connectivity index (χ3v) is 3.95. The van der Waals surface area contributed by atoms with Crippen molar-refractivity contribution in [2.24, 2.45) is 0 Å². The van der Waals surface area contributed by atoms with Crippen molar-refractivity contribution >= 4 is 11.3 Å². The molecule has 0 amide bonds. The first-order chi connectivity index (χ1) is 8.81. The van der Waals surface area contributed by atoms with Gasteiger partial charge in [0.1, 0.15) is 5.76 Å². The summed E-state index contributed by atoms with van der Waals surface area (Å²) in [6.45, 7) is 5.30. The van der Waals surface area contributed by atoms with Crippen molar-refractivity contribution < 1.29 is 4.42 Å². The standard InChI is InChI=1S/C15H21NOS/c1-3-8-16-15(14-6-9-17-12(14)2)5-4-13-7-10-18-11-13/h6-7,9-11,15-16H,3-5,8H2,1-2H3. The van der Waals surface area contributed by atoms with E-state index in [1.54, 1.807) is 17.6 Å². The summed E-state index contributed by atoms with van der Waals surface area (Å²) < 4.78 is 5.42. The van der Waals surface area contributed by atoms with E-state index in [0.29, 0.717) is 6.04 Å². The molecular weight excluding hydrogens is 242 g/mol. The minimum Gasteiger partial charge on any atom is -0.469 e. The first-order valence-electron chi connectivity index (χ1n) is 6.59. The van der Waals surface area contributed by atoms with Crippen molar-refractivity contribution in [2.45, 2.75) is 39.2 Å². The molecule has 0 bridgehead atoms. The third-order valence-electron chi connectivity index (χ3n) is 3.22. The topological polar surface area (TPSA) is 25.2 Å². The molecule has 0 aliphatic heterocycles. The van der Waals surface area contributed by atoms with Crippen LogP contribution in [0.5, 0.6) is 0 Å². The Labute approximate surface area is 113 Å². The average molecular weight is 263 g/mol. The molecule has 0 aromatic carbocycles. The van der Waals surface area contributed by atoms with Crippen LogP contribution in [0.3, 0.4) is 0 Å². The third kappa shape index (κ3) is 3.47. The van der Waals surface area contributed by atoms with E-state index in [2.05, 4.69) is 35.1 Å². The molecule has 2 aromatic heterocycles. The SMILES string of the molecule is CCCNC(CCc1ccsc1)c1ccoc1C. The van der Waals surface area contributed by atoms with Gasteiger partial charge in [-0.2, -0.15) is 11.3 Å². The highest BCUT2D eigenvalue weighted by Gasteiger charge is 2.15. The van der Waals surface area contributed by atoms with Crippen molar-refractivity contribution in [3.05, 3.63) is 46.0 Å². The first-order valence-corrected chi connectivity index (χ1v) is 7.54. The van der Waals surface area contributed by atoms with Gasteiger partial charge in [0.05, 0.1) is 6.26 Å². The van der Waals surface area contributed by atoms with E-state index in [0.717, 1.165) is 31.6 Å². The second-order valence-electron chi connectivity index (χ2n) is 4.61. The lowest BCUT2D eigenvalue weighted by molar-refractivity contribution is 0.476. The summed E-state index contributed by atoms with van der Waals surface area (Å²) in [5.74, 6) is 1.04. The normalized spacial score (nSPS) is 12.8. The van der Waals surface area contributed by atoms with Crippen molar-refractivity contribution in [1.29, 1.82) is 0 Å². The molecule has 0 aliphatic carbocycles. The van der Waals surface area contributed by atoms with Gasteiger partial charge in [-0.3, -0.25) is 0 Å². The largest absolute Gasteiger partial charge is 0.469 e. The fraction of sp³-hybridized carbons (Fsp3) is 0.467. The van der Waals surface area contributed by atoms with Gasteiger partial charge in [0, 0.05) is 11.6 Å². The zero-order valence-corrected chi connectivity index (χ0v) is 11.9. The van der Waals surface area contributed by atoms with Crippen molar-refractivity contribution in [3.63, 3.8) is 0 Å². The Kier molecular flexibility index (Phi) is 5.02. The van der Waals surface area contributed by atoms with Crippen LogP contribution in [0.4, 0.5) is 0 Å². The van der Waals surface area contributed by atoms with Crippen LogP contribution in [0, 0.1) is 6.92 Å². The monoisotopic (exact) mass is 263 g/mol. The molecule has 2 rings (SSSR count). The van der Waals surface area contributed by atoms with Crippen LogP contribution >= 0.6 is 11.3 Å². The van der Waals surface area contributed by atoms with Gasteiger partial charge in [-0.1, -0.05) is 6.92 Å². The van der Waals surface area contributed by atoms with Gasteiger partial charge in [0.15, 0.2) is 0 Å². The Morgan fingerprint density at radius 3 is 2.89 bits per heavy atom. The highest BCUT2D eigenvalue weighted by atomic mass is 32.1. The van der Waals surface area contributed by atoms with E-state index in [1.807, 2.05) is 6.92 Å². The Hall–Kier alpha value is -1.06. The van der Waals surface area contributed by atoms with Crippen molar-refractivity contribution in [1.82, 2.24) is 5.32 Å². The van der Waals surface area contributed by atoms with Crippen LogP contribution < -0.4 is 5.32 Å². The van der Waals surface area contributed by atoms with Gasteiger partial charge >= 0.3 is 0 Å². The smallest absolute Gasteiger partial charge is 0.105 e. The molecule has 1 atom stereocenters. The molecule has 3 heteroatoms. The minimum absolute atomic E-state index is 0.406. The second-order valence-corrected chi connectivity index (χ2v) is 5.39. The maximum atomic E-state index is 5.42. The number of hydrogen-bond acceptors (Lipinski definition) is 3. The Morgan fingerprint density at radius 2 is 2.28 bits per heavy atom. The Morgan fingerprint density at radius 1 is 1.39 bits per heavy atom. The molecule has 0 saturated carbocycles. The highest BCUT2D eigenvalue weighted by Crippen LogP contribution is 2.24. The number of rotatable bonds is 7. The summed E-state index contributed by atoms with van der Waals surface area (Å²) in [7, 11) is 0. The molecule has 2 nitrogen and oxygen atoms in total. The van der Waals surface area contributed by atoms with Gasteiger partial charge in [-0.05, 0) is 61.2 Å². The van der Waals surface area contributed by atoms with Crippen molar-refractivity contribution in [2.75, 3.05) is 6.54 Å². The summed E-state index contributed by atoms with van der Waals surface area (Å²) in [6, 6.07) is 4.71. The molecule has 0 spiro atoms. The number of nitrogens with one attached hydrogen (secondary N) is 1. The maximum absolute atomic E-state index is 5.42. The minimum atomic E-state index is 0.406. The Balaban J connectivity index is 1.99. The predicted molar refractivity (Wildman–Crippen MR) is 77.1 cm³/mol. The molecule has 0 saturated heterocycles. The fourth-order valence-electron chi connectivity index (χ4n) is 2.19. The molecule has 1 unspecified atom stereocenters. The molecule has 0 radical (unpaired) electrons. The molecule has 2 heterocycles. The average Bonchev–Trinajstić information content (AvgIpc) is 3.01. The number of thiophene rings is 1. The molecule has 1 N–H and O–H groups in total. The molecule has 0 aliphatic rings. The summed E-state index contributed by atoms with van der Waals surface area (Å²) in [5.41, 5.74) is 2.74. The van der Waals surface area contributed by atoms with Crippen LogP contribution in [0.25, 0.3) is 0 Å². The van der Waals surface area contributed by atoms with Crippen LogP contribution in [0.2, 0.25) is 0 Å². The van der Waals surface area contributed by atoms with E-state index in [1.165, 1.54) is 11.1 Å². The van der Waals surface area contributed by atoms with Crippen LogP contribution in [-0.4, -0.2) is 6.54 Å². The first kappa shape index (κ1) is 13.4. The summed E-state index contributed by atoms with van der Waals surface area (Å²) in [4.78, 5) is 0. The lowest BCUT2D eigenvalue weighted by atomic mass is 10.0. The van der Waals surface area contributed by atoms with E-state index >= 15 is 0 Å². The van der Waals surface area contributed by atoms with Gasteiger partial charge in [-0.15, -0.1) is 0 Å². The molecule has 18 heavy (non-hydrogen) atoms. The maximum Gasteiger partial charge on any atom is 0.105 e. The summed E-state index contributed by atoms with van der Waals surface area (Å²) in [6.07, 6.45) is 5.19. The number of furan rings is 1. The number of hydrogen-bond donors (Lipinski definition) is 1. The zero-order chi connectivity index (χ0) is 12.8. The number of aryl methyl sites for hydroxylation is 2. The quantitative estimate of drug-likeness (QED) is 0.804. The van der Waals surface area contributed by atoms with Gasteiger partial charge in [0.2, 0.25) is 0 Å². The van der Waals surface area contributed by atoms with Crippen LogP contribution in [0.1, 0.15) is 42.7 Å². The van der Waals surface area contributed by atoms with Crippen LogP contribution in [-0.2, 0) is 6.42 Å².